The Morgan fingerprint density at radius 1 is 0.906 bits per heavy atom. The summed E-state index contributed by atoms with van der Waals surface area (Å²) in [5, 5.41) is 0.959. The van der Waals surface area contributed by atoms with E-state index in [4.69, 9.17) is 21.1 Å². The second-order valence-electron chi connectivity index (χ2n) is 7.48. The molecule has 0 N–H and O–H groups in total. The van der Waals surface area contributed by atoms with Crippen molar-refractivity contribution < 1.29 is 9.47 Å². The highest BCUT2D eigenvalue weighted by Crippen LogP contribution is 2.31. The van der Waals surface area contributed by atoms with Crippen molar-refractivity contribution in [2.45, 2.75) is 13.0 Å². The van der Waals surface area contributed by atoms with Gasteiger partial charge >= 0.3 is 5.69 Å². The number of nitrogens with zero attached hydrogens (tertiary/aromatic N) is 2. The van der Waals surface area contributed by atoms with Crippen molar-refractivity contribution in [2.75, 3.05) is 13.2 Å². The van der Waals surface area contributed by atoms with Gasteiger partial charge in [-0.05, 0) is 60.2 Å². The average Bonchev–Trinajstić information content (AvgIpc) is 3.03. The molecule has 162 valence electrons. The third-order valence-electron chi connectivity index (χ3n) is 5.34. The Hall–Kier alpha value is -3.03. The molecule has 4 aromatic rings. The summed E-state index contributed by atoms with van der Waals surface area (Å²) in [5.41, 5.74) is 1.06. The summed E-state index contributed by atoms with van der Waals surface area (Å²) >= 11 is 9.44. The van der Waals surface area contributed by atoms with Crippen LogP contribution in [0.5, 0.6) is 11.5 Å². The molecular formula is C24H18BrClN2O4. The SMILES string of the molecule is O=c1c2cc(Br)ccc2n(Cc2ccc3c(c2)OCCCO3)c(=O)n1-c1ccc(Cl)cc1. The van der Waals surface area contributed by atoms with Crippen LogP contribution in [0.1, 0.15) is 12.0 Å². The maximum absolute atomic E-state index is 13.5. The minimum atomic E-state index is -0.431. The van der Waals surface area contributed by atoms with Gasteiger partial charge in [0.25, 0.3) is 5.56 Å². The van der Waals surface area contributed by atoms with E-state index in [2.05, 4.69) is 15.9 Å². The number of fused-ring (bicyclic) bond motifs is 2. The predicted octanol–water partition coefficient (Wildman–Crippen LogP) is 4.78. The van der Waals surface area contributed by atoms with Gasteiger partial charge in [0.05, 0.1) is 36.3 Å². The van der Waals surface area contributed by atoms with Gasteiger partial charge in [-0.1, -0.05) is 33.6 Å². The Bertz CT molecular complexity index is 1440. The van der Waals surface area contributed by atoms with Gasteiger partial charge in [-0.15, -0.1) is 0 Å². The van der Waals surface area contributed by atoms with Crippen molar-refractivity contribution in [3.05, 3.63) is 96.6 Å². The Labute approximate surface area is 196 Å². The topological polar surface area (TPSA) is 62.5 Å². The monoisotopic (exact) mass is 512 g/mol. The van der Waals surface area contributed by atoms with Crippen LogP contribution < -0.4 is 20.7 Å². The largest absolute Gasteiger partial charge is 0.490 e. The Balaban J connectivity index is 1.70. The first-order chi connectivity index (χ1) is 15.5. The van der Waals surface area contributed by atoms with E-state index in [1.807, 2.05) is 24.3 Å². The van der Waals surface area contributed by atoms with Crippen LogP contribution in [0.3, 0.4) is 0 Å². The molecule has 1 aliphatic rings. The van der Waals surface area contributed by atoms with Crippen LogP contribution in [0.4, 0.5) is 0 Å². The highest BCUT2D eigenvalue weighted by molar-refractivity contribution is 9.10. The van der Waals surface area contributed by atoms with Gasteiger partial charge in [0.15, 0.2) is 11.5 Å². The number of aromatic nitrogens is 2. The van der Waals surface area contributed by atoms with Gasteiger partial charge in [0.2, 0.25) is 0 Å². The molecule has 32 heavy (non-hydrogen) atoms. The fraction of sp³-hybridized carbons (Fsp3) is 0.167. The van der Waals surface area contributed by atoms with Crippen LogP contribution in [-0.2, 0) is 6.54 Å². The summed E-state index contributed by atoms with van der Waals surface area (Å²) in [7, 11) is 0. The van der Waals surface area contributed by atoms with Crippen molar-refractivity contribution >= 4 is 38.4 Å². The summed E-state index contributed by atoms with van der Waals surface area (Å²) in [6.45, 7) is 1.45. The maximum atomic E-state index is 13.5. The standard InChI is InChI=1S/C24H18BrClN2O4/c25-16-3-8-20-19(13-16)23(29)28(18-6-4-17(26)5-7-18)24(30)27(20)14-15-2-9-21-22(12-15)32-11-1-10-31-21/h2-9,12-13H,1,10-11,14H2. The van der Waals surface area contributed by atoms with E-state index < -0.39 is 5.69 Å². The van der Waals surface area contributed by atoms with Crippen LogP contribution in [0.2, 0.25) is 5.02 Å². The molecule has 0 aliphatic carbocycles. The molecule has 0 radical (unpaired) electrons. The summed E-state index contributed by atoms with van der Waals surface area (Å²) in [4.78, 5) is 26.8. The molecule has 0 unspecified atom stereocenters. The molecule has 2 heterocycles. The molecule has 0 fully saturated rings. The number of ether oxygens (including phenoxy) is 2. The number of benzene rings is 3. The fourth-order valence-corrected chi connectivity index (χ4v) is 4.29. The van der Waals surface area contributed by atoms with E-state index in [0.717, 1.165) is 16.5 Å². The molecule has 1 aromatic heterocycles. The lowest BCUT2D eigenvalue weighted by atomic mass is 10.1. The number of rotatable bonds is 3. The van der Waals surface area contributed by atoms with Crippen LogP contribution in [0, 0.1) is 0 Å². The first-order valence-corrected chi connectivity index (χ1v) is 11.3. The quantitative estimate of drug-likeness (QED) is 0.396. The van der Waals surface area contributed by atoms with Gasteiger partial charge < -0.3 is 9.47 Å². The van der Waals surface area contributed by atoms with Gasteiger partial charge in [-0.2, -0.15) is 0 Å². The van der Waals surface area contributed by atoms with Crippen molar-refractivity contribution in [1.29, 1.82) is 0 Å². The predicted molar refractivity (Wildman–Crippen MR) is 128 cm³/mol. The summed E-state index contributed by atoms with van der Waals surface area (Å²) in [5.74, 6) is 1.35. The van der Waals surface area contributed by atoms with Crippen LogP contribution in [0.25, 0.3) is 16.6 Å². The van der Waals surface area contributed by atoms with E-state index in [1.165, 1.54) is 4.57 Å². The maximum Gasteiger partial charge on any atom is 0.336 e. The van der Waals surface area contributed by atoms with Gasteiger partial charge in [-0.3, -0.25) is 9.36 Å². The molecule has 3 aromatic carbocycles. The third-order valence-corrected chi connectivity index (χ3v) is 6.09. The molecule has 0 atom stereocenters. The van der Waals surface area contributed by atoms with E-state index >= 15 is 0 Å². The zero-order chi connectivity index (χ0) is 22.2. The van der Waals surface area contributed by atoms with Gasteiger partial charge in [-0.25, -0.2) is 9.36 Å². The zero-order valence-electron chi connectivity index (χ0n) is 16.9. The minimum absolute atomic E-state index is 0.265. The lowest BCUT2D eigenvalue weighted by Crippen LogP contribution is -2.39. The molecule has 0 spiro atoms. The van der Waals surface area contributed by atoms with E-state index in [-0.39, 0.29) is 12.1 Å². The smallest absolute Gasteiger partial charge is 0.336 e. The third kappa shape index (κ3) is 3.82. The highest BCUT2D eigenvalue weighted by Gasteiger charge is 2.17. The minimum Gasteiger partial charge on any atom is -0.490 e. The fourth-order valence-electron chi connectivity index (χ4n) is 3.81. The molecule has 0 saturated heterocycles. The number of hydrogen-bond donors (Lipinski definition) is 0. The Morgan fingerprint density at radius 2 is 1.66 bits per heavy atom. The molecule has 0 saturated carbocycles. The average molecular weight is 514 g/mol. The molecule has 1 aliphatic heterocycles. The summed E-state index contributed by atoms with van der Waals surface area (Å²) in [6.07, 6.45) is 0.815. The summed E-state index contributed by atoms with van der Waals surface area (Å²) < 4.78 is 15.0. The number of halogens is 2. The van der Waals surface area contributed by atoms with Crippen LogP contribution in [-0.4, -0.2) is 22.3 Å². The molecule has 0 bridgehead atoms. The molecule has 0 amide bonds. The lowest BCUT2D eigenvalue weighted by molar-refractivity contribution is 0.297. The number of hydrogen-bond acceptors (Lipinski definition) is 4. The van der Waals surface area contributed by atoms with Crippen molar-refractivity contribution in [2.24, 2.45) is 0 Å². The van der Waals surface area contributed by atoms with Gasteiger partial charge in [0, 0.05) is 15.9 Å². The lowest BCUT2D eigenvalue weighted by Gasteiger charge is -2.16. The molecule has 8 heteroatoms. The van der Waals surface area contributed by atoms with Crippen molar-refractivity contribution in [3.63, 3.8) is 0 Å². The van der Waals surface area contributed by atoms with Crippen molar-refractivity contribution in [1.82, 2.24) is 9.13 Å². The Kier molecular flexibility index (Phi) is 5.53. The summed E-state index contributed by atoms with van der Waals surface area (Å²) in [6, 6.07) is 17.6. The van der Waals surface area contributed by atoms with Crippen molar-refractivity contribution in [3.8, 4) is 17.2 Å². The van der Waals surface area contributed by atoms with E-state index in [1.54, 1.807) is 41.0 Å². The van der Waals surface area contributed by atoms with Gasteiger partial charge in [0.1, 0.15) is 0 Å². The second kappa shape index (κ2) is 8.48. The first-order valence-electron chi connectivity index (χ1n) is 10.1. The second-order valence-corrected chi connectivity index (χ2v) is 8.83. The highest BCUT2D eigenvalue weighted by atomic mass is 79.9. The Morgan fingerprint density at radius 3 is 2.44 bits per heavy atom. The normalized spacial score (nSPS) is 13.2. The molecule has 5 rings (SSSR count). The van der Waals surface area contributed by atoms with E-state index in [9.17, 15) is 9.59 Å². The van der Waals surface area contributed by atoms with Crippen LogP contribution in [0.15, 0.2) is 74.7 Å². The van der Waals surface area contributed by atoms with E-state index in [0.29, 0.717) is 46.3 Å². The van der Waals surface area contributed by atoms with Crippen LogP contribution >= 0.6 is 27.5 Å². The molecule has 6 nitrogen and oxygen atoms in total. The zero-order valence-corrected chi connectivity index (χ0v) is 19.2. The first kappa shape index (κ1) is 20.8. The molecular weight excluding hydrogens is 496 g/mol.